The Bertz CT molecular complexity index is 907. The van der Waals surface area contributed by atoms with Crippen molar-refractivity contribution in [1.82, 2.24) is 0 Å². The summed E-state index contributed by atoms with van der Waals surface area (Å²) < 4.78 is 3.82. The minimum atomic E-state index is 1.13. The highest BCUT2D eigenvalue weighted by molar-refractivity contribution is 9.10. The Hall–Kier alpha value is -1.64. The molecular weight excluding hydrogens is 328 g/mol. The fourth-order valence-electron chi connectivity index (χ4n) is 2.56. The zero-order valence-electron chi connectivity index (χ0n) is 10.6. The third kappa shape index (κ3) is 1.96. The topological polar surface area (TPSA) is 0 Å². The maximum Gasteiger partial charge on any atom is 0.0356 e. The summed E-state index contributed by atoms with van der Waals surface area (Å²) in [5, 5.41) is 2.67. The number of fused-ring (bicyclic) bond motifs is 3. The van der Waals surface area contributed by atoms with Gasteiger partial charge in [0.15, 0.2) is 0 Å². The Kier molecular flexibility index (Phi) is 2.86. The Balaban J connectivity index is 2.03. The van der Waals surface area contributed by atoms with Gasteiger partial charge in [-0.15, -0.1) is 11.3 Å². The summed E-state index contributed by atoms with van der Waals surface area (Å²) in [7, 11) is 0. The van der Waals surface area contributed by atoms with Crippen molar-refractivity contribution >= 4 is 47.4 Å². The molecule has 4 aromatic rings. The summed E-state index contributed by atoms with van der Waals surface area (Å²) in [4.78, 5) is 0. The molecule has 4 rings (SSSR count). The van der Waals surface area contributed by atoms with E-state index in [0.29, 0.717) is 0 Å². The molecule has 0 radical (unpaired) electrons. The second kappa shape index (κ2) is 4.72. The van der Waals surface area contributed by atoms with Crippen molar-refractivity contribution in [2.24, 2.45) is 0 Å². The van der Waals surface area contributed by atoms with Crippen LogP contribution in [0.25, 0.3) is 31.3 Å². The van der Waals surface area contributed by atoms with Crippen molar-refractivity contribution < 1.29 is 0 Å². The maximum absolute atomic E-state index is 3.57. The lowest BCUT2D eigenvalue weighted by Gasteiger charge is -2.01. The van der Waals surface area contributed by atoms with E-state index in [1.807, 2.05) is 11.3 Å². The lowest BCUT2D eigenvalue weighted by atomic mass is 10.0. The van der Waals surface area contributed by atoms with Crippen LogP contribution in [0.5, 0.6) is 0 Å². The monoisotopic (exact) mass is 338 g/mol. The first-order valence-electron chi connectivity index (χ1n) is 6.48. The zero-order valence-corrected chi connectivity index (χ0v) is 13.0. The second-order valence-electron chi connectivity index (χ2n) is 4.82. The molecule has 0 aliphatic heterocycles. The second-order valence-corrected chi connectivity index (χ2v) is 6.82. The molecule has 0 amide bonds. The average Bonchev–Trinajstić information content (AvgIpc) is 2.85. The summed E-state index contributed by atoms with van der Waals surface area (Å²) in [5.74, 6) is 0. The molecule has 1 heterocycles. The molecule has 0 bridgehead atoms. The Morgan fingerprint density at radius 1 is 0.650 bits per heavy atom. The molecule has 1 aromatic heterocycles. The smallest absolute Gasteiger partial charge is 0.0356 e. The molecule has 0 nitrogen and oxygen atoms in total. The Labute approximate surface area is 129 Å². The van der Waals surface area contributed by atoms with Crippen molar-refractivity contribution in [3.8, 4) is 11.1 Å². The Morgan fingerprint density at radius 2 is 1.35 bits per heavy atom. The van der Waals surface area contributed by atoms with Crippen molar-refractivity contribution in [3.05, 3.63) is 71.2 Å². The molecule has 2 heteroatoms. The van der Waals surface area contributed by atoms with Gasteiger partial charge in [-0.3, -0.25) is 0 Å². The van der Waals surface area contributed by atoms with E-state index in [9.17, 15) is 0 Å². The SMILES string of the molecule is Brc1ccc2sc3ccc(-c4ccccc4)cc3c2c1. The van der Waals surface area contributed by atoms with Gasteiger partial charge in [0, 0.05) is 24.6 Å². The lowest BCUT2D eigenvalue weighted by molar-refractivity contribution is 1.66. The molecule has 20 heavy (non-hydrogen) atoms. The summed E-state index contributed by atoms with van der Waals surface area (Å²) in [5.41, 5.74) is 2.54. The fraction of sp³-hybridized carbons (Fsp3) is 0. The van der Waals surface area contributed by atoms with Crippen LogP contribution in [-0.2, 0) is 0 Å². The standard InChI is InChI=1S/C18H11BrS/c19-14-7-9-18-16(11-14)15-10-13(6-8-17(15)20-18)12-4-2-1-3-5-12/h1-11H. The first kappa shape index (κ1) is 12.1. The average molecular weight is 339 g/mol. The van der Waals surface area contributed by atoms with E-state index in [1.54, 1.807) is 0 Å². The number of rotatable bonds is 1. The maximum atomic E-state index is 3.57. The first-order valence-corrected chi connectivity index (χ1v) is 8.09. The molecule has 0 saturated carbocycles. The van der Waals surface area contributed by atoms with E-state index >= 15 is 0 Å². The molecule has 0 spiro atoms. The predicted molar refractivity (Wildman–Crippen MR) is 92.5 cm³/mol. The number of thiophene rings is 1. The van der Waals surface area contributed by atoms with Crippen LogP contribution in [0.2, 0.25) is 0 Å². The van der Waals surface area contributed by atoms with Crippen molar-refractivity contribution in [3.63, 3.8) is 0 Å². The summed E-state index contributed by atoms with van der Waals surface area (Å²) >= 11 is 5.42. The third-order valence-electron chi connectivity index (χ3n) is 3.54. The van der Waals surface area contributed by atoms with Crippen molar-refractivity contribution in [1.29, 1.82) is 0 Å². The van der Waals surface area contributed by atoms with E-state index in [1.165, 1.54) is 31.3 Å². The van der Waals surface area contributed by atoms with E-state index < -0.39 is 0 Å². The van der Waals surface area contributed by atoms with Crippen LogP contribution in [0.1, 0.15) is 0 Å². The molecule has 0 saturated heterocycles. The number of hydrogen-bond donors (Lipinski definition) is 0. The summed E-state index contributed by atoms with van der Waals surface area (Å²) in [6, 6.07) is 23.8. The van der Waals surface area contributed by atoms with Gasteiger partial charge in [-0.1, -0.05) is 52.3 Å². The molecule has 0 N–H and O–H groups in total. The van der Waals surface area contributed by atoms with Crippen LogP contribution in [0.15, 0.2) is 71.2 Å². The van der Waals surface area contributed by atoms with Gasteiger partial charge < -0.3 is 0 Å². The summed E-state index contributed by atoms with van der Waals surface area (Å²) in [6.45, 7) is 0. The first-order chi connectivity index (χ1) is 9.81. The number of halogens is 1. The number of benzene rings is 3. The molecule has 0 aliphatic rings. The van der Waals surface area contributed by atoms with Crippen LogP contribution in [-0.4, -0.2) is 0 Å². The van der Waals surface area contributed by atoms with Gasteiger partial charge in [-0.05, 0) is 41.5 Å². The highest BCUT2D eigenvalue weighted by atomic mass is 79.9. The van der Waals surface area contributed by atoms with E-state index in [4.69, 9.17) is 0 Å². The molecule has 0 fully saturated rings. The van der Waals surface area contributed by atoms with Gasteiger partial charge >= 0.3 is 0 Å². The van der Waals surface area contributed by atoms with Crippen LogP contribution >= 0.6 is 27.3 Å². The third-order valence-corrected chi connectivity index (χ3v) is 5.18. The van der Waals surface area contributed by atoms with Gasteiger partial charge in [0.05, 0.1) is 0 Å². The molecule has 96 valence electrons. The zero-order chi connectivity index (χ0) is 13.5. The van der Waals surface area contributed by atoms with Gasteiger partial charge in [-0.2, -0.15) is 0 Å². The van der Waals surface area contributed by atoms with Crippen LogP contribution in [0, 0.1) is 0 Å². The normalized spacial score (nSPS) is 11.2. The fourth-order valence-corrected chi connectivity index (χ4v) is 3.99. The molecular formula is C18H11BrS. The van der Waals surface area contributed by atoms with Gasteiger partial charge in [-0.25, -0.2) is 0 Å². The lowest BCUT2D eigenvalue weighted by Crippen LogP contribution is -1.76. The molecule has 0 atom stereocenters. The minimum absolute atomic E-state index is 1.13. The van der Waals surface area contributed by atoms with E-state index in [-0.39, 0.29) is 0 Å². The predicted octanol–water partition coefficient (Wildman–Crippen LogP) is 6.48. The van der Waals surface area contributed by atoms with Crippen molar-refractivity contribution in [2.45, 2.75) is 0 Å². The van der Waals surface area contributed by atoms with Gasteiger partial charge in [0.25, 0.3) is 0 Å². The Morgan fingerprint density at radius 3 is 2.15 bits per heavy atom. The molecule has 3 aromatic carbocycles. The molecule has 0 unspecified atom stereocenters. The van der Waals surface area contributed by atoms with Crippen LogP contribution in [0.4, 0.5) is 0 Å². The van der Waals surface area contributed by atoms with Crippen molar-refractivity contribution in [2.75, 3.05) is 0 Å². The largest absolute Gasteiger partial charge is 0.135 e. The quantitative estimate of drug-likeness (QED) is 0.372. The summed E-state index contributed by atoms with van der Waals surface area (Å²) in [6.07, 6.45) is 0. The van der Waals surface area contributed by atoms with Gasteiger partial charge in [0.1, 0.15) is 0 Å². The number of hydrogen-bond acceptors (Lipinski definition) is 1. The van der Waals surface area contributed by atoms with E-state index in [0.717, 1.165) is 4.47 Å². The van der Waals surface area contributed by atoms with Crippen LogP contribution in [0.3, 0.4) is 0 Å². The highest BCUT2D eigenvalue weighted by Gasteiger charge is 2.07. The van der Waals surface area contributed by atoms with Gasteiger partial charge in [0.2, 0.25) is 0 Å². The van der Waals surface area contributed by atoms with Crippen LogP contribution < -0.4 is 0 Å². The van der Waals surface area contributed by atoms with E-state index in [2.05, 4.69) is 82.7 Å². The molecule has 0 aliphatic carbocycles. The minimum Gasteiger partial charge on any atom is -0.135 e. The highest BCUT2D eigenvalue weighted by Crippen LogP contribution is 2.37.